The average molecular weight is 428 g/mol. The van der Waals surface area contributed by atoms with Gasteiger partial charge in [-0.1, -0.05) is 6.92 Å². The number of carbonyl (C=O) groups excluding carboxylic acids is 3. The Morgan fingerprint density at radius 1 is 1.10 bits per heavy atom. The Labute approximate surface area is 176 Å². The van der Waals surface area contributed by atoms with Crippen LogP contribution in [0.4, 0.5) is 0 Å². The molecule has 0 saturated heterocycles. The molecule has 0 fully saturated rings. The Morgan fingerprint density at radius 3 is 2.23 bits per heavy atom. The summed E-state index contributed by atoms with van der Waals surface area (Å²) in [5, 5.41) is 52.9. The van der Waals surface area contributed by atoms with Crippen molar-refractivity contribution in [3.8, 4) is 17.2 Å². The summed E-state index contributed by atoms with van der Waals surface area (Å²) in [5.41, 5.74) is -3.62. The van der Waals surface area contributed by atoms with Crippen molar-refractivity contribution in [1.29, 1.82) is 0 Å². The van der Waals surface area contributed by atoms with E-state index in [0.717, 1.165) is 25.3 Å². The number of esters is 1. The number of carbonyl (C=O) groups is 3. The first-order chi connectivity index (χ1) is 14.6. The Kier molecular flexibility index (Phi) is 4.56. The minimum Gasteiger partial charge on any atom is -0.507 e. The lowest BCUT2D eigenvalue weighted by molar-refractivity contribution is -0.153. The first-order valence-electron chi connectivity index (χ1n) is 9.59. The van der Waals surface area contributed by atoms with Gasteiger partial charge in [0.2, 0.25) is 5.78 Å². The SMILES string of the molecule is CC[C@@]1(O)CC(O)c2c(cc3c(c2O)C(=O)c2c(O)ccc(O)c2C3=O)C1C(=O)OC. The molecule has 162 valence electrons. The molecule has 0 radical (unpaired) electrons. The van der Waals surface area contributed by atoms with Gasteiger partial charge in [-0.15, -0.1) is 0 Å². The highest BCUT2D eigenvalue weighted by Gasteiger charge is 2.51. The fourth-order valence-corrected chi connectivity index (χ4v) is 4.66. The van der Waals surface area contributed by atoms with Crippen LogP contribution in [0.5, 0.6) is 17.2 Å². The lowest BCUT2D eigenvalue weighted by Crippen LogP contribution is -2.46. The van der Waals surface area contributed by atoms with Crippen molar-refractivity contribution in [2.24, 2.45) is 0 Å². The van der Waals surface area contributed by atoms with Crippen LogP contribution in [-0.4, -0.2) is 55.8 Å². The number of phenolic OH excluding ortho intramolecular Hbond substituents is 3. The summed E-state index contributed by atoms with van der Waals surface area (Å²) in [6, 6.07) is 3.25. The number of fused-ring (bicyclic) bond motifs is 3. The molecular weight excluding hydrogens is 408 g/mol. The zero-order valence-electron chi connectivity index (χ0n) is 16.7. The van der Waals surface area contributed by atoms with Crippen LogP contribution in [0.1, 0.15) is 74.8 Å². The largest absolute Gasteiger partial charge is 0.507 e. The van der Waals surface area contributed by atoms with Crippen LogP contribution in [0, 0.1) is 0 Å². The molecule has 0 bridgehead atoms. The third-order valence-corrected chi connectivity index (χ3v) is 6.24. The predicted molar refractivity (Wildman–Crippen MR) is 104 cm³/mol. The van der Waals surface area contributed by atoms with Crippen molar-refractivity contribution in [1.82, 2.24) is 0 Å². The van der Waals surface area contributed by atoms with Gasteiger partial charge in [0.1, 0.15) is 23.2 Å². The molecule has 0 saturated carbocycles. The molecule has 31 heavy (non-hydrogen) atoms. The number of hydrogen-bond acceptors (Lipinski definition) is 9. The fraction of sp³-hybridized carbons (Fsp3) is 0.318. The molecule has 5 N–H and O–H groups in total. The summed E-state index contributed by atoms with van der Waals surface area (Å²) >= 11 is 0. The number of ketones is 2. The van der Waals surface area contributed by atoms with E-state index >= 15 is 0 Å². The third kappa shape index (κ3) is 2.67. The van der Waals surface area contributed by atoms with Gasteiger partial charge in [-0.05, 0) is 30.2 Å². The van der Waals surface area contributed by atoms with Gasteiger partial charge in [-0.25, -0.2) is 0 Å². The third-order valence-electron chi connectivity index (χ3n) is 6.24. The summed E-state index contributed by atoms with van der Waals surface area (Å²) in [4.78, 5) is 38.8. The molecule has 9 nitrogen and oxygen atoms in total. The van der Waals surface area contributed by atoms with Crippen LogP contribution in [0.2, 0.25) is 0 Å². The minimum absolute atomic E-state index is 0.0459. The maximum atomic E-state index is 13.1. The van der Waals surface area contributed by atoms with Gasteiger partial charge in [0.25, 0.3) is 0 Å². The highest BCUT2D eigenvalue weighted by molar-refractivity contribution is 6.31. The van der Waals surface area contributed by atoms with Crippen LogP contribution >= 0.6 is 0 Å². The van der Waals surface area contributed by atoms with Crippen molar-refractivity contribution in [2.45, 2.75) is 37.4 Å². The van der Waals surface area contributed by atoms with E-state index in [2.05, 4.69) is 0 Å². The van der Waals surface area contributed by atoms with Gasteiger partial charge >= 0.3 is 5.97 Å². The number of methoxy groups -OCH3 is 1. The molecule has 0 heterocycles. The van der Waals surface area contributed by atoms with Gasteiger partial charge in [-0.2, -0.15) is 0 Å². The molecule has 2 aromatic rings. The van der Waals surface area contributed by atoms with Crippen molar-refractivity contribution in [2.75, 3.05) is 7.11 Å². The topological polar surface area (TPSA) is 162 Å². The smallest absolute Gasteiger partial charge is 0.316 e. The summed E-state index contributed by atoms with van der Waals surface area (Å²) in [5.74, 6) is -5.77. The average Bonchev–Trinajstić information content (AvgIpc) is 2.72. The molecular formula is C22H20O9. The van der Waals surface area contributed by atoms with E-state index in [1.807, 2.05) is 0 Å². The normalized spacial score (nSPS) is 24.3. The van der Waals surface area contributed by atoms with E-state index in [-0.39, 0.29) is 29.5 Å². The maximum Gasteiger partial charge on any atom is 0.316 e. The number of phenols is 3. The first kappa shape index (κ1) is 20.8. The van der Waals surface area contributed by atoms with Crippen LogP contribution in [0.15, 0.2) is 18.2 Å². The summed E-state index contributed by atoms with van der Waals surface area (Å²) in [6.07, 6.45) is -1.69. The standard InChI is InChI=1S/C22H20O9/c1-3-22(30)7-12(25)13-8(17(22)21(29)31-2)6-9-14(19(13)27)20(28)16-11(24)5-4-10(23)15(16)18(9)26/h4-6,12,17,23-25,27,30H,3,7H2,1-2H3/t12?,17?,22-/m1/s1. The van der Waals surface area contributed by atoms with Crippen molar-refractivity contribution in [3.63, 3.8) is 0 Å². The molecule has 4 rings (SSSR count). The van der Waals surface area contributed by atoms with Crippen LogP contribution in [0.25, 0.3) is 0 Å². The van der Waals surface area contributed by atoms with E-state index < -0.39 is 69.1 Å². The van der Waals surface area contributed by atoms with Gasteiger partial charge < -0.3 is 30.3 Å². The molecule has 2 unspecified atom stereocenters. The number of rotatable bonds is 2. The second kappa shape index (κ2) is 6.79. The molecule has 2 aromatic carbocycles. The molecule has 0 aromatic heterocycles. The molecule has 9 heteroatoms. The molecule has 0 aliphatic heterocycles. The predicted octanol–water partition coefficient (Wildman–Crippen LogP) is 1.41. The summed E-state index contributed by atoms with van der Waals surface area (Å²) in [7, 11) is 1.12. The van der Waals surface area contributed by atoms with E-state index in [1.54, 1.807) is 6.92 Å². The fourth-order valence-electron chi connectivity index (χ4n) is 4.66. The van der Waals surface area contributed by atoms with Gasteiger partial charge in [0.05, 0.1) is 35.5 Å². The number of aliphatic hydroxyl groups is 2. The quantitative estimate of drug-likeness (QED) is 0.300. The van der Waals surface area contributed by atoms with E-state index in [9.17, 15) is 39.9 Å². The molecule has 2 aliphatic rings. The number of aromatic hydroxyl groups is 3. The second-order valence-corrected chi connectivity index (χ2v) is 7.80. The lowest BCUT2D eigenvalue weighted by Gasteiger charge is -2.42. The van der Waals surface area contributed by atoms with E-state index in [1.165, 1.54) is 0 Å². The number of hydrogen-bond donors (Lipinski definition) is 5. The van der Waals surface area contributed by atoms with E-state index in [0.29, 0.717) is 0 Å². The molecule has 0 amide bonds. The molecule has 3 atom stereocenters. The van der Waals surface area contributed by atoms with Gasteiger partial charge in [0.15, 0.2) is 5.78 Å². The maximum absolute atomic E-state index is 13.1. The Hall–Kier alpha value is -3.43. The first-order valence-corrected chi connectivity index (χ1v) is 9.59. The van der Waals surface area contributed by atoms with Crippen molar-refractivity contribution >= 4 is 17.5 Å². The monoisotopic (exact) mass is 428 g/mol. The number of ether oxygens (including phenoxy) is 1. The Morgan fingerprint density at radius 2 is 1.68 bits per heavy atom. The Bertz CT molecular complexity index is 1170. The highest BCUT2D eigenvalue weighted by atomic mass is 16.5. The van der Waals surface area contributed by atoms with Crippen molar-refractivity contribution in [3.05, 3.63) is 51.6 Å². The molecule has 2 aliphatic carbocycles. The van der Waals surface area contributed by atoms with Gasteiger partial charge in [0, 0.05) is 17.5 Å². The number of benzene rings is 2. The van der Waals surface area contributed by atoms with Crippen LogP contribution in [-0.2, 0) is 9.53 Å². The molecule has 0 spiro atoms. The van der Waals surface area contributed by atoms with Crippen LogP contribution < -0.4 is 0 Å². The zero-order chi connectivity index (χ0) is 22.8. The Balaban J connectivity index is 2.06. The second-order valence-electron chi connectivity index (χ2n) is 7.80. The van der Waals surface area contributed by atoms with Crippen molar-refractivity contribution < 1.29 is 44.7 Å². The lowest BCUT2D eigenvalue weighted by atomic mass is 9.67. The summed E-state index contributed by atoms with van der Waals surface area (Å²) in [6.45, 7) is 1.61. The van der Waals surface area contributed by atoms with Crippen LogP contribution in [0.3, 0.4) is 0 Å². The number of aliphatic hydroxyl groups excluding tert-OH is 1. The van der Waals surface area contributed by atoms with Gasteiger partial charge in [-0.3, -0.25) is 14.4 Å². The highest BCUT2D eigenvalue weighted by Crippen LogP contribution is 2.52. The zero-order valence-corrected chi connectivity index (χ0v) is 16.7. The van der Waals surface area contributed by atoms with E-state index in [4.69, 9.17) is 4.74 Å². The summed E-state index contributed by atoms with van der Waals surface area (Å²) < 4.78 is 4.81. The minimum atomic E-state index is -1.72.